The van der Waals surface area contributed by atoms with Crippen LogP contribution in [0.2, 0.25) is 0 Å². The molecule has 148 valence electrons. The van der Waals surface area contributed by atoms with Crippen LogP contribution in [0.4, 0.5) is 5.69 Å². The van der Waals surface area contributed by atoms with E-state index in [2.05, 4.69) is 10.6 Å². The van der Waals surface area contributed by atoms with E-state index in [0.717, 1.165) is 5.56 Å². The Morgan fingerprint density at radius 3 is 2.21 bits per heavy atom. The van der Waals surface area contributed by atoms with Crippen LogP contribution in [0.1, 0.15) is 15.9 Å². The fourth-order valence-electron chi connectivity index (χ4n) is 2.29. The second kappa shape index (κ2) is 9.96. The summed E-state index contributed by atoms with van der Waals surface area (Å²) in [4.78, 5) is 35.8. The molecule has 28 heavy (non-hydrogen) atoms. The highest BCUT2D eigenvalue weighted by atomic mass is 16.5. The molecule has 0 spiro atoms. The van der Waals surface area contributed by atoms with Gasteiger partial charge in [-0.1, -0.05) is 18.2 Å². The van der Waals surface area contributed by atoms with Gasteiger partial charge in [0.05, 0.1) is 14.2 Å². The van der Waals surface area contributed by atoms with Gasteiger partial charge in [-0.2, -0.15) is 0 Å². The third-order valence-electron chi connectivity index (χ3n) is 3.79. The number of methoxy groups -OCH3 is 2. The summed E-state index contributed by atoms with van der Waals surface area (Å²) < 4.78 is 15.1. The molecular weight excluding hydrogens is 364 g/mol. The molecule has 8 nitrogen and oxygen atoms in total. The highest BCUT2D eigenvalue weighted by molar-refractivity contribution is 5.97. The molecule has 0 atom stereocenters. The van der Waals surface area contributed by atoms with Crippen LogP contribution in [0.15, 0.2) is 42.5 Å². The molecule has 0 aliphatic heterocycles. The minimum Gasteiger partial charge on any atom is -0.497 e. The molecule has 2 aromatic carbocycles. The second-order valence-corrected chi connectivity index (χ2v) is 5.81. The predicted molar refractivity (Wildman–Crippen MR) is 103 cm³/mol. The van der Waals surface area contributed by atoms with Gasteiger partial charge in [0.1, 0.15) is 18.0 Å². The Bertz CT molecular complexity index is 843. The van der Waals surface area contributed by atoms with E-state index < -0.39 is 24.4 Å². The first-order valence-corrected chi connectivity index (χ1v) is 8.45. The Hall–Kier alpha value is -3.55. The first-order chi connectivity index (χ1) is 13.4. The molecule has 0 radical (unpaired) electrons. The summed E-state index contributed by atoms with van der Waals surface area (Å²) >= 11 is 0. The Kier molecular flexibility index (Phi) is 7.38. The number of benzene rings is 2. The molecule has 0 saturated carbocycles. The number of hydrogen-bond donors (Lipinski definition) is 2. The van der Waals surface area contributed by atoms with Gasteiger partial charge in [-0.3, -0.25) is 14.4 Å². The molecule has 0 aliphatic carbocycles. The second-order valence-electron chi connectivity index (χ2n) is 5.81. The number of anilines is 1. The molecular formula is C20H22N2O6. The Labute approximate surface area is 162 Å². The van der Waals surface area contributed by atoms with Crippen LogP contribution < -0.4 is 20.1 Å². The van der Waals surface area contributed by atoms with Crippen molar-refractivity contribution >= 4 is 23.5 Å². The standard InChI is InChI=1S/C20H22N2O6/c1-13-6-4-5-7-17(13)22-18(23)12-28-19(24)11-21-20(25)14-8-15(26-2)10-16(9-14)27-3/h4-10H,11-12H2,1-3H3,(H,21,25)(H,22,23). The van der Waals surface area contributed by atoms with E-state index in [1.807, 2.05) is 19.1 Å². The van der Waals surface area contributed by atoms with Crippen molar-refractivity contribution in [3.63, 3.8) is 0 Å². The molecule has 0 aromatic heterocycles. The summed E-state index contributed by atoms with van der Waals surface area (Å²) in [7, 11) is 2.94. The van der Waals surface area contributed by atoms with Gasteiger partial charge in [0.25, 0.3) is 11.8 Å². The number of para-hydroxylation sites is 1. The Morgan fingerprint density at radius 1 is 0.964 bits per heavy atom. The van der Waals surface area contributed by atoms with Crippen LogP contribution in [0.25, 0.3) is 0 Å². The van der Waals surface area contributed by atoms with Gasteiger partial charge in [0.2, 0.25) is 0 Å². The lowest BCUT2D eigenvalue weighted by Crippen LogP contribution is -2.32. The SMILES string of the molecule is COc1cc(OC)cc(C(=O)NCC(=O)OCC(=O)Nc2ccccc2C)c1. The largest absolute Gasteiger partial charge is 0.497 e. The zero-order valence-electron chi connectivity index (χ0n) is 15.9. The highest BCUT2D eigenvalue weighted by Crippen LogP contribution is 2.22. The predicted octanol–water partition coefficient (Wildman–Crippen LogP) is 1.92. The molecule has 0 aliphatic rings. The summed E-state index contributed by atoms with van der Waals surface area (Å²) in [6.07, 6.45) is 0. The van der Waals surface area contributed by atoms with Gasteiger partial charge in [-0.05, 0) is 30.7 Å². The lowest BCUT2D eigenvalue weighted by Gasteiger charge is -2.10. The average Bonchev–Trinajstić information content (AvgIpc) is 2.71. The Morgan fingerprint density at radius 2 is 1.61 bits per heavy atom. The molecule has 2 amide bonds. The number of rotatable bonds is 8. The van der Waals surface area contributed by atoms with Crippen LogP contribution in [0.3, 0.4) is 0 Å². The van der Waals surface area contributed by atoms with Crippen LogP contribution in [0.5, 0.6) is 11.5 Å². The molecule has 2 aromatic rings. The maximum atomic E-state index is 12.2. The van der Waals surface area contributed by atoms with E-state index in [1.54, 1.807) is 18.2 Å². The molecule has 2 rings (SSSR count). The van der Waals surface area contributed by atoms with E-state index in [-0.39, 0.29) is 12.1 Å². The van der Waals surface area contributed by atoms with Crippen molar-refractivity contribution in [3.05, 3.63) is 53.6 Å². The summed E-state index contributed by atoms with van der Waals surface area (Å²) in [5, 5.41) is 5.08. The number of carbonyl (C=O) groups is 3. The van der Waals surface area contributed by atoms with Gasteiger partial charge in [0.15, 0.2) is 6.61 Å². The number of carbonyl (C=O) groups excluding carboxylic acids is 3. The molecule has 0 fully saturated rings. The smallest absolute Gasteiger partial charge is 0.325 e. The fourth-order valence-corrected chi connectivity index (χ4v) is 2.29. The van der Waals surface area contributed by atoms with Crippen molar-refractivity contribution in [2.45, 2.75) is 6.92 Å². The normalized spacial score (nSPS) is 9.96. The molecule has 0 unspecified atom stereocenters. The van der Waals surface area contributed by atoms with Crippen LogP contribution >= 0.6 is 0 Å². The van der Waals surface area contributed by atoms with Gasteiger partial charge in [-0.25, -0.2) is 0 Å². The van der Waals surface area contributed by atoms with Crippen molar-refractivity contribution in [2.75, 3.05) is 32.7 Å². The molecule has 2 N–H and O–H groups in total. The highest BCUT2D eigenvalue weighted by Gasteiger charge is 2.13. The zero-order valence-corrected chi connectivity index (χ0v) is 15.9. The summed E-state index contributed by atoms with van der Waals surface area (Å²) in [6.45, 7) is 1.02. The van der Waals surface area contributed by atoms with Crippen LogP contribution in [-0.4, -0.2) is 45.2 Å². The maximum Gasteiger partial charge on any atom is 0.325 e. The number of ether oxygens (including phenoxy) is 3. The van der Waals surface area contributed by atoms with Gasteiger partial charge in [-0.15, -0.1) is 0 Å². The van der Waals surface area contributed by atoms with E-state index in [0.29, 0.717) is 17.2 Å². The number of amides is 2. The van der Waals surface area contributed by atoms with Crippen molar-refractivity contribution < 1.29 is 28.6 Å². The molecule has 8 heteroatoms. The number of aryl methyl sites for hydroxylation is 1. The maximum absolute atomic E-state index is 12.2. The quantitative estimate of drug-likeness (QED) is 0.672. The third-order valence-corrected chi connectivity index (χ3v) is 3.79. The van der Waals surface area contributed by atoms with E-state index >= 15 is 0 Å². The topological polar surface area (TPSA) is 103 Å². The van der Waals surface area contributed by atoms with E-state index in [9.17, 15) is 14.4 Å². The summed E-state index contributed by atoms with van der Waals surface area (Å²) in [5.41, 5.74) is 1.80. The first kappa shape index (κ1) is 20.8. The summed E-state index contributed by atoms with van der Waals surface area (Å²) in [6, 6.07) is 11.9. The molecule has 0 saturated heterocycles. The van der Waals surface area contributed by atoms with Gasteiger partial charge in [0, 0.05) is 17.3 Å². The third kappa shape index (κ3) is 6.01. The minimum absolute atomic E-state index is 0.265. The minimum atomic E-state index is -0.733. The van der Waals surface area contributed by atoms with Gasteiger partial charge >= 0.3 is 5.97 Å². The lowest BCUT2D eigenvalue weighted by atomic mass is 10.2. The Balaban J connectivity index is 1.81. The monoisotopic (exact) mass is 386 g/mol. The molecule has 0 bridgehead atoms. The van der Waals surface area contributed by atoms with Gasteiger partial charge < -0.3 is 24.8 Å². The van der Waals surface area contributed by atoms with Crippen molar-refractivity contribution in [2.24, 2.45) is 0 Å². The van der Waals surface area contributed by atoms with Crippen molar-refractivity contribution in [1.82, 2.24) is 5.32 Å². The average molecular weight is 386 g/mol. The zero-order chi connectivity index (χ0) is 20.5. The van der Waals surface area contributed by atoms with Crippen LogP contribution in [-0.2, 0) is 14.3 Å². The van der Waals surface area contributed by atoms with E-state index in [1.165, 1.54) is 26.4 Å². The van der Waals surface area contributed by atoms with E-state index in [4.69, 9.17) is 14.2 Å². The van der Waals surface area contributed by atoms with Crippen molar-refractivity contribution in [3.8, 4) is 11.5 Å². The van der Waals surface area contributed by atoms with Crippen molar-refractivity contribution in [1.29, 1.82) is 0 Å². The fraction of sp³-hybridized carbons (Fsp3) is 0.250. The van der Waals surface area contributed by atoms with Crippen LogP contribution in [0, 0.1) is 6.92 Å². The number of nitrogens with one attached hydrogen (secondary N) is 2. The molecule has 0 heterocycles. The summed E-state index contributed by atoms with van der Waals surface area (Å²) in [5.74, 6) is -0.812. The lowest BCUT2D eigenvalue weighted by molar-refractivity contribution is -0.146. The first-order valence-electron chi connectivity index (χ1n) is 8.45. The number of esters is 1. The number of hydrogen-bond acceptors (Lipinski definition) is 6.